The number of benzene rings is 2. The molecule has 1 saturated heterocycles. The Kier molecular flexibility index (Phi) is 13.1. The lowest BCUT2D eigenvalue weighted by Crippen LogP contribution is -2.27. The van der Waals surface area contributed by atoms with E-state index in [1.165, 1.54) is 68.9 Å². The van der Waals surface area contributed by atoms with Gasteiger partial charge in [-0.2, -0.15) is 0 Å². The van der Waals surface area contributed by atoms with Gasteiger partial charge in [-0.3, -0.25) is 0 Å². The second-order valence-corrected chi connectivity index (χ2v) is 10.5. The van der Waals surface area contributed by atoms with Crippen molar-refractivity contribution >= 4 is 0 Å². The summed E-state index contributed by atoms with van der Waals surface area (Å²) in [7, 11) is 0. The van der Waals surface area contributed by atoms with Crippen molar-refractivity contribution in [3.8, 4) is 16.9 Å². The fraction of sp³-hybridized carbons (Fsp3) is 0.576. The van der Waals surface area contributed by atoms with Crippen molar-refractivity contribution in [1.29, 1.82) is 0 Å². The summed E-state index contributed by atoms with van der Waals surface area (Å²) in [4.78, 5) is 0. The maximum absolute atomic E-state index is 6.08. The number of unbranched alkanes of at least 4 members (excludes halogenated alkanes) is 6. The standard InChI is InChI=1S/C33H48O3/c1-4-6-7-8-9-10-11-12-15-28-25-35-33(36-26-28)31-18-16-29(17-19-31)30-20-22-32(23-21-30)34-24-13-14-27(3)5-2/h4,16-23,27-28,33H,1,5-15,24-26H2,2-3H3/t27-,28?,33?/m0/s1. The lowest BCUT2D eigenvalue weighted by Gasteiger charge is -2.29. The maximum atomic E-state index is 6.08. The van der Waals surface area contributed by atoms with Crippen LogP contribution in [-0.2, 0) is 9.47 Å². The van der Waals surface area contributed by atoms with E-state index in [9.17, 15) is 0 Å². The van der Waals surface area contributed by atoms with Crippen molar-refractivity contribution in [3.05, 3.63) is 66.7 Å². The second-order valence-electron chi connectivity index (χ2n) is 10.5. The predicted octanol–water partition coefficient (Wildman–Crippen LogP) is 9.53. The van der Waals surface area contributed by atoms with Crippen molar-refractivity contribution in [1.82, 2.24) is 0 Å². The van der Waals surface area contributed by atoms with Crippen LogP contribution in [0.5, 0.6) is 5.75 Å². The Hall–Kier alpha value is -2.10. The normalized spacial score (nSPS) is 18.6. The smallest absolute Gasteiger partial charge is 0.183 e. The summed E-state index contributed by atoms with van der Waals surface area (Å²) in [6.45, 7) is 10.7. The van der Waals surface area contributed by atoms with E-state index in [1.54, 1.807) is 0 Å². The number of allylic oxidation sites excluding steroid dienone is 1. The Morgan fingerprint density at radius 1 is 0.861 bits per heavy atom. The molecule has 1 fully saturated rings. The first-order valence-electron chi connectivity index (χ1n) is 14.4. The van der Waals surface area contributed by atoms with Gasteiger partial charge < -0.3 is 14.2 Å². The average Bonchev–Trinajstić information content (AvgIpc) is 2.93. The van der Waals surface area contributed by atoms with Crippen LogP contribution >= 0.6 is 0 Å². The Morgan fingerprint density at radius 3 is 2.11 bits per heavy atom. The second kappa shape index (κ2) is 16.6. The third-order valence-corrected chi connectivity index (χ3v) is 7.41. The highest BCUT2D eigenvalue weighted by Gasteiger charge is 2.23. The van der Waals surface area contributed by atoms with Crippen LogP contribution in [0.25, 0.3) is 11.1 Å². The summed E-state index contributed by atoms with van der Waals surface area (Å²) in [6.07, 6.45) is 15.6. The first kappa shape index (κ1) is 28.5. The molecule has 0 saturated carbocycles. The molecular weight excluding hydrogens is 444 g/mol. The monoisotopic (exact) mass is 492 g/mol. The van der Waals surface area contributed by atoms with Gasteiger partial charge in [-0.1, -0.05) is 94.8 Å². The highest BCUT2D eigenvalue weighted by molar-refractivity contribution is 5.64. The Morgan fingerprint density at radius 2 is 1.47 bits per heavy atom. The zero-order chi connectivity index (χ0) is 25.4. The molecule has 198 valence electrons. The number of hydrogen-bond donors (Lipinski definition) is 0. The van der Waals surface area contributed by atoms with Crippen LogP contribution in [0.2, 0.25) is 0 Å². The summed E-state index contributed by atoms with van der Waals surface area (Å²) < 4.78 is 18.1. The molecule has 0 unspecified atom stereocenters. The summed E-state index contributed by atoms with van der Waals surface area (Å²) in [5.41, 5.74) is 3.48. The van der Waals surface area contributed by atoms with E-state index >= 15 is 0 Å². The molecule has 0 amide bonds. The summed E-state index contributed by atoms with van der Waals surface area (Å²) >= 11 is 0. The zero-order valence-corrected chi connectivity index (χ0v) is 22.8. The number of ether oxygens (including phenoxy) is 3. The fourth-order valence-corrected chi connectivity index (χ4v) is 4.73. The van der Waals surface area contributed by atoms with Gasteiger partial charge in [0.1, 0.15) is 5.75 Å². The molecule has 3 heteroatoms. The van der Waals surface area contributed by atoms with E-state index in [4.69, 9.17) is 14.2 Å². The summed E-state index contributed by atoms with van der Waals surface area (Å²) in [5, 5.41) is 0. The van der Waals surface area contributed by atoms with Gasteiger partial charge in [-0.15, -0.1) is 6.58 Å². The molecular formula is C33H48O3. The van der Waals surface area contributed by atoms with Crippen LogP contribution in [0.3, 0.4) is 0 Å². The average molecular weight is 493 g/mol. The Labute approximate surface area is 220 Å². The van der Waals surface area contributed by atoms with E-state index in [0.717, 1.165) is 49.9 Å². The van der Waals surface area contributed by atoms with Gasteiger partial charge in [-0.25, -0.2) is 0 Å². The first-order valence-corrected chi connectivity index (χ1v) is 14.4. The van der Waals surface area contributed by atoms with E-state index in [0.29, 0.717) is 5.92 Å². The molecule has 1 atom stereocenters. The molecule has 0 aromatic heterocycles. The van der Waals surface area contributed by atoms with Gasteiger partial charge in [0.2, 0.25) is 0 Å². The van der Waals surface area contributed by atoms with Crippen LogP contribution in [0.15, 0.2) is 61.2 Å². The highest BCUT2D eigenvalue weighted by atomic mass is 16.7. The third kappa shape index (κ3) is 10.1. The molecule has 0 bridgehead atoms. The number of rotatable bonds is 17. The molecule has 0 radical (unpaired) electrons. The minimum atomic E-state index is -0.244. The summed E-state index contributed by atoms with van der Waals surface area (Å²) in [5.74, 6) is 2.25. The SMILES string of the molecule is C=CCCCCCCCCC1COC(c2ccc(-c3ccc(OCCC[C@@H](C)CC)cc3)cc2)OC1. The maximum Gasteiger partial charge on any atom is 0.183 e. The van der Waals surface area contributed by atoms with Gasteiger partial charge in [0.05, 0.1) is 19.8 Å². The van der Waals surface area contributed by atoms with E-state index in [1.807, 2.05) is 6.08 Å². The van der Waals surface area contributed by atoms with Crippen LogP contribution in [0, 0.1) is 11.8 Å². The molecule has 1 aliphatic rings. The minimum absolute atomic E-state index is 0.244. The van der Waals surface area contributed by atoms with Gasteiger partial charge in [-0.05, 0) is 61.3 Å². The topological polar surface area (TPSA) is 27.7 Å². The van der Waals surface area contributed by atoms with Crippen molar-refractivity contribution in [2.24, 2.45) is 11.8 Å². The molecule has 1 aliphatic heterocycles. The lowest BCUT2D eigenvalue weighted by atomic mass is 10.00. The van der Waals surface area contributed by atoms with Crippen molar-refractivity contribution in [2.45, 2.75) is 90.8 Å². The molecule has 36 heavy (non-hydrogen) atoms. The van der Waals surface area contributed by atoms with Crippen molar-refractivity contribution < 1.29 is 14.2 Å². The minimum Gasteiger partial charge on any atom is -0.494 e. The van der Waals surface area contributed by atoms with Crippen LogP contribution in [-0.4, -0.2) is 19.8 Å². The third-order valence-electron chi connectivity index (χ3n) is 7.41. The molecule has 1 heterocycles. The van der Waals surface area contributed by atoms with E-state index in [2.05, 4.69) is 69.0 Å². The summed E-state index contributed by atoms with van der Waals surface area (Å²) in [6, 6.07) is 17.0. The molecule has 3 rings (SSSR count). The Bertz CT molecular complexity index is 834. The largest absolute Gasteiger partial charge is 0.494 e. The van der Waals surface area contributed by atoms with Gasteiger partial charge in [0, 0.05) is 11.5 Å². The van der Waals surface area contributed by atoms with E-state index < -0.39 is 0 Å². The molecule has 0 aliphatic carbocycles. The molecule has 3 nitrogen and oxygen atoms in total. The first-order chi connectivity index (χ1) is 17.7. The number of hydrogen-bond acceptors (Lipinski definition) is 3. The van der Waals surface area contributed by atoms with Gasteiger partial charge in [0.25, 0.3) is 0 Å². The van der Waals surface area contributed by atoms with Crippen LogP contribution in [0.4, 0.5) is 0 Å². The zero-order valence-electron chi connectivity index (χ0n) is 22.8. The Balaban J connectivity index is 1.34. The quantitative estimate of drug-likeness (QED) is 0.162. The molecule has 2 aromatic carbocycles. The van der Waals surface area contributed by atoms with Crippen LogP contribution in [0.1, 0.15) is 96.3 Å². The van der Waals surface area contributed by atoms with Crippen LogP contribution < -0.4 is 4.74 Å². The van der Waals surface area contributed by atoms with Gasteiger partial charge in [0.15, 0.2) is 6.29 Å². The van der Waals surface area contributed by atoms with E-state index in [-0.39, 0.29) is 6.29 Å². The predicted molar refractivity (Wildman–Crippen MR) is 151 cm³/mol. The van der Waals surface area contributed by atoms with Crippen molar-refractivity contribution in [2.75, 3.05) is 19.8 Å². The molecule has 2 aromatic rings. The molecule has 0 N–H and O–H groups in total. The lowest BCUT2D eigenvalue weighted by molar-refractivity contribution is -0.206. The highest BCUT2D eigenvalue weighted by Crippen LogP contribution is 2.30. The van der Waals surface area contributed by atoms with Crippen molar-refractivity contribution in [3.63, 3.8) is 0 Å². The fourth-order valence-electron chi connectivity index (χ4n) is 4.73. The molecule has 0 spiro atoms. The van der Waals surface area contributed by atoms with Gasteiger partial charge >= 0.3 is 0 Å².